The van der Waals surface area contributed by atoms with Gasteiger partial charge in [-0.25, -0.2) is 4.39 Å². The van der Waals surface area contributed by atoms with Gasteiger partial charge in [0.2, 0.25) is 0 Å². The van der Waals surface area contributed by atoms with E-state index < -0.39 is 5.67 Å². The quantitative estimate of drug-likeness (QED) is 0.829. The van der Waals surface area contributed by atoms with Gasteiger partial charge in [0.15, 0.2) is 0 Å². The topological polar surface area (TPSA) is 26.0 Å². The third kappa shape index (κ3) is 1.89. The number of nitrogens with two attached hydrogens (primary N) is 1. The van der Waals surface area contributed by atoms with E-state index in [9.17, 15) is 4.39 Å². The summed E-state index contributed by atoms with van der Waals surface area (Å²) >= 11 is 0. The Balaban J connectivity index is 1.96. The molecule has 2 saturated carbocycles. The molecule has 2 unspecified atom stereocenters. The zero-order valence-electron chi connectivity index (χ0n) is 10.2. The molecule has 1 aromatic carbocycles. The first-order valence-electron chi connectivity index (χ1n) is 6.73. The van der Waals surface area contributed by atoms with Crippen LogP contribution in [0.2, 0.25) is 0 Å². The van der Waals surface area contributed by atoms with Crippen LogP contribution >= 0.6 is 0 Å². The minimum Gasteiger partial charge on any atom is -0.328 e. The highest BCUT2D eigenvalue weighted by atomic mass is 19.1. The molecule has 2 atom stereocenters. The van der Waals surface area contributed by atoms with Crippen LogP contribution in [0.1, 0.15) is 55.6 Å². The van der Waals surface area contributed by atoms with Crippen LogP contribution in [0, 0.1) is 0 Å². The first-order chi connectivity index (χ1) is 8.19. The molecule has 1 aromatic rings. The van der Waals surface area contributed by atoms with E-state index in [1.807, 2.05) is 18.2 Å². The number of halogens is 1. The van der Waals surface area contributed by atoms with Gasteiger partial charge in [0.1, 0.15) is 5.67 Å². The number of benzene rings is 1. The highest BCUT2D eigenvalue weighted by Gasteiger charge is 2.41. The van der Waals surface area contributed by atoms with Crippen molar-refractivity contribution in [2.24, 2.45) is 5.73 Å². The molecule has 2 aliphatic carbocycles. The average Bonchev–Trinajstić information content (AvgIpc) is 2.58. The molecule has 0 amide bonds. The second kappa shape index (κ2) is 4.09. The van der Waals surface area contributed by atoms with Gasteiger partial charge in [-0.15, -0.1) is 0 Å². The van der Waals surface area contributed by atoms with E-state index in [1.54, 1.807) is 0 Å². The monoisotopic (exact) mass is 233 g/mol. The zero-order valence-corrected chi connectivity index (χ0v) is 10.2. The Hall–Kier alpha value is -0.890. The van der Waals surface area contributed by atoms with Gasteiger partial charge in [0, 0.05) is 12.5 Å². The maximum Gasteiger partial charge on any atom is 0.137 e. The summed E-state index contributed by atoms with van der Waals surface area (Å²) in [4.78, 5) is 0. The van der Waals surface area contributed by atoms with E-state index in [1.165, 1.54) is 24.8 Å². The predicted molar refractivity (Wildman–Crippen MR) is 67.6 cm³/mol. The Morgan fingerprint density at radius 1 is 1.18 bits per heavy atom. The smallest absolute Gasteiger partial charge is 0.137 e. The van der Waals surface area contributed by atoms with Crippen LogP contribution in [0.4, 0.5) is 4.39 Å². The molecule has 0 heterocycles. The molecular weight excluding hydrogens is 213 g/mol. The third-order valence-electron chi connectivity index (χ3n) is 4.49. The molecule has 3 rings (SSSR count). The van der Waals surface area contributed by atoms with E-state index in [2.05, 4.69) is 6.07 Å². The minimum atomic E-state index is -1.16. The maximum absolute atomic E-state index is 15.0. The van der Waals surface area contributed by atoms with Crippen LogP contribution < -0.4 is 5.73 Å². The van der Waals surface area contributed by atoms with Crippen molar-refractivity contribution in [2.45, 2.75) is 56.2 Å². The summed E-state index contributed by atoms with van der Waals surface area (Å²) in [6.45, 7) is 0. The fourth-order valence-electron chi connectivity index (χ4n) is 3.26. The second-order valence-corrected chi connectivity index (χ2v) is 5.68. The highest BCUT2D eigenvalue weighted by Crippen LogP contribution is 2.47. The van der Waals surface area contributed by atoms with Crippen LogP contribution in [0.3, 0.4) is 0 Å². The molecule has 1 nitrogen and oxygen atoms in total. The van der Waals surface area contributed by atoms with Gasteiger partial charge >= 0.3 is 0 Å². The number of hydrogen-bond donors (Lipinski definition) is 1. The summed E-state index contributed by atoms with van der Waals surface area (Å²) in [6, 6.07) is 8.13. The lowest BCUT2D eigenvalue weighted by Crippen LogP contribution is -2.24. The van der Waals surface area contributed by atoms with Gasteiger partial charge in [-0.3, -0.25) is 0 Å². The maximum atomic E-state index is 15.0. The first-order valence-corrected chi connectivity index (χ1v) is 6.73. The second-order valence-electron chi connectivity index (χ2n) is 5.68. The van der Waals surface area contributed by atoms with Crippen molar-refractivity contribution in [2.75, 3.05) is 0 Å². The van der Waals surface area contributed by atoms with Crippen LogP contribution in [0.25, 0.3) is 0 Å². The fourth-order valence-corrected chi connectivity index (χ4v) is 3.26. The SMILES string of the molecule is NC1CCC(F)(c2ccccc2C2CCC2)C1. The van der Waals surface area contributed by atoms with E-state index in [4.69, 9.17) is 5.73 Å². The Kier molecular flexibility index (Phi) is 2.70. The molecule has 0 aromatic heterocycles. The van der Waals surface area contributed by atoms with Crippen molar-refractivity contribution in [3.8, 4) is 0 Å². The largest absolute Gasteiger partial charge is 0.328 e. The molecule has 2 heteroatoms. The van der Waals surface area contributed by atoms with Crippen LogP contribution in [-0.2, 0) is 5.67 Å². The lowest BCUT2D eigenvalue weighted by atomic mass is 9.75. The Bertz CT molecular complexity index is 413. The average molecular weight is 233 g/mol. The number of alkyl halides is 1. The summed E-state index contributed by atoms with van der Waals surface area (Å²) in [6.07, 6.45) is 5.64. The van der Waals surface area contributed by atoms with E-state index in [0.29, 0.717) is 18.8 Å². The van der Waals surface area contributed by atoms with Crippen LogP contribution in [0.15, 0.2) is 24.3 Å². The van der Waals surface area contributed by atoms with Gasteiger partial charge < -0.3 is 5.73 Å². The lowest BCUT2D eigenvalue weighted by Gasteiger charge is -2.32. The molecule has 2 fully saturated rings. The molecule has 0 saturated heterocycles. The molecule has 0 radical (unpaired) electrons. The summed E-state index contributed by atoms with van der Waals surface area (Å²) in [5.74, 6) is 0.593. The van der Waals surface area contributed by atoms with Crippen molar-refractivity contribution in [3.05, 3.63) is 35.4 Å². The standard InChI is InChI=1S/C15H20FN/c16-15(9-8-12(17)10-15)14-7-2-1-6-13(14)11-4-3-5-11/h1-2,6-7,11-12H,3-5,8-10,17H2. The van der Waals surface area contributed by atoms with Crippen molar-refractivity contribution in [3.63, 3.8) is 0 Å². The molecule has 2 aliphatic rings. The molecule has 0 bridgehead atoms. The number of rotatable bonds is 2. The molecular formula is C15H20FN. The van der Waals surface area contributed by atoms with Gasteiger partial charge in [0.25, 0.3) is 0 Å². The van der Waals surface area contributed by atoms with Gasteiger partial charge in [-0.2, -0.15) is 0 Å². The van der Waals surface area contributed by atoms with Crippen molar-refractivity contribution in [1.29, 1.82) is 0 Å². The van der Waals surface area contributed by atoms with Crippen LogP contribution in [-0.4, -0.2) is 6.04 Å². The molecule has 92 valence electrons. The van der Waals surface area contributed by atoms with Crippen LogP contribution in [0.5, 0.6) is 0 Å². The lowest BCUT2D eigenvalue weighted by molar-refractivity contribution is 0.169. The van der Waals surface area contributed by atoms with E-state index >= 15 is 0 Å². The molecule has 0 spiro atoms. The Morgan fingerprint density at radius 3 is 2.53 bits per heavy atom. The van der Waals surface area contributed by atoms with E-state index in [-0.39, 0.29) is 6.04 Å². The predicted octanol–water partition coefficient (Wildman–Crippen LogP) is 3.63. The van der Waals surface area contributed by atoms with E-state index in [0.717, 1.165) is 12.0 Å². The number of hydrogen-bond acceptors (Lipinski definition) is 1. The molecule has 2 N–H and O–H groups in total. The molecule has 17 heavy (non-hydrogen) atoms. The third-order valence-corrected chi connectivity index (χ3v) is 4.49. The molecule has 0 aliphatic heterocycles. The summed E-state index contributed by atoms with van der Waals surface area (Å²) in [5.41, 5.74) is 6.89. The van der Waals surface area contributed by atoms with Crippen molar-refractivity contribution in [1.82, 2.24) is 0 Å². The van der Waals surface area contributed by atoms with Crippen molar-refractivity contribution >= 4 is 0 Å². The minimum absolute atomic E-state index is 0.0365. The van der Waals surface area contributed by atoms with Gasteiger partial charge in [0.05, 0.1) is 0 Å². The normalized spacial score (nSPS) is 33.6. The first kappa shape index (κ1) is 11.2. The van der Waals surface area contributed by atoms with Crippen molar-refractivity contribution < 1.29 is 4.39 Å². The fraction of sp³-hybridized carbons (Fsp3) is 0.600. The Labute approximate surface area is 102 Å². The summed E-state index contributed by atoms with van der Waals surface area (Å²) in [5, 5.41) is 0. The van der Waals surface area contributed by atoms with Gasteiger partial charge in [-0.1, -0.05) is 30.7 Å². The Morgan fingerprint density at radius 2 is 1.94 bits per heavy atom. The zero-order chi connectivity index (χ0) is 11.9. The summed E-state index contributed by atoms with van der Waals surface area (Å²) < 4.78 is 15.0. The summed E-state index contributed by atoms with van der Waals surface area (Å²) in [7, 11) is 0. The van der Waals surface area contributed by atoms with Gasteiger partial charge in [-0.05, 0) is 42.7 Å². The highest BCUT2D eigenvalue weighted by molar-refractivity contribution is 5.37.